The Kier molecular flexibility index (Phi) is 2.86. The zero-order chi connectivity index (χ0) is 14.2. The van der Waals surface area contributed by atoms with Crippen molar-refractivity contribution in [3.8, 4) is 11.5 Å². The minimum atomic E-state index is 0.222. The number of benzene rings is 2. The van der Waals surface area contributed by atoms with Gasteiger partial charge in [-0.05, 0) is 23.8 Å². The molecule has 0 saturated carbocycles. The molecule has 2 heterocycles. The number of H-pyrrole nitrogens is 1. The number of hydrogen-bond acceptors (Lipinski definition) is 4. The number of nitrogens with zero attached hydrogens (tertiary/aromatic N) is 1. The highest BCUT2D eigenvalue weighted by Gasteiger charge is 2.18. The summed E-state index contributed by atoms with van der Waals surface area (Å²) >= 11 is 6.19. The van der Waals surface area contributed by atoms with Crippen LogP contribution >= 0.6 is 11.6 Å². The molecule has 0 bridgehead atoms. The molecule has 0 atom stereocenters. The Labute approximate surface area is 125 Å². The highest BCUT2D eigenvalue weighted by molar-refractivity contribution is 6.32. The van der Waals surface area contributed by atoms with Crippen molar-refractivity contribution in [3.05, 3.63) is 47.1 Å². The summed E-state index contributed by atoms with van der Waals surface area (Å²) in [6, 6.07) is 9.84. The van der Waals surface area contributed by atoms with Gasteiger partial charge < -0.3 is 14.8 Å². The van der Waals surface area contributed by atoms with E-state index in [0.29, 0.717) is 23.1 Å². The Balaban J connectivity index is 1.60. The normalized spacial score (nSPS) is 12.8. The molecule has 2 aromatic carbocycles. The van der Waals surface area contributed by atoms with Crippen molar-refractivity contribution in [1.29, 1.82) is 0 Å². The quantitative estimate of drug-likeness (QED) is 0.776. The zero-order valence-electron chi connectivity index (χ0n) is 11.0. The Morgan fingerprint density at radius 3 is 3.19 bits per heavy atom. The molecule has 3 aromatic rings. The van der Waals surface area contributed by atoms with Gasteiger partial charge in [0.05, 0.1) is 22.4 Å². The monoisotopic (exact) mass is 301 g/mol. The lowest BCUT2D eigenvalue weighted by Gasteiger charge is -2.09. The maximum Gasteiger partial charge on any atom is 0.231 e. The molecule has 0 saturated heterocycles. The lowest BCUT2D eigenvalue weighted by atomic mass is 10.2. The van der Waals surface area contributed by atoms with Crippen LogP contribution in [0.2, 0.25) is 5.02 Å². The van der Waals surface area contributed by atoms with Crippen LogP contribution in [0.25, 0.3) is 10.9 Å². The molecule has 4 rings (SSSR count). The predicted molar refractivity (Wildman–Crippen MR) is 81.0 cm³/mol. The molecule has 0 unspecified atom stereocenters. The number of nitrogens with one attached hydrogen (secondary N) is 2. The number of para-hydroxylation sites is 1. The first-order chi connectivity index (χ1) is 10.3. The van der Waals surface area contributed by atoms with E-state index in [1.165, 1.54) is 0 Å². The van der Waals surface area contributed by atoms with E-state index in [4.69, 9.17) is 21.1 Å². The van der Waals surface area contributed by atoms with Crippen molar-refractivity contribution in [2.24, 2.45) is 0 Å². The van der Waals surface area contributed by atoms with Gasteiger partial charge in [0.1, 0.15) is 0 Å². The van der Waals surface area contributed by atoms with E-state index in [0.717, 1.165) is 22.2 Å². The molecule has 1 aromatic heterocycles. The van der Waals surface area contributed by atoms with Gasteiger partial charge in [-0.25, -0.2) is 0 Å². The molecule has 0 aliphatic carbocycles. The van der Waals surface area contributed by atoms with Gasteiger partial charge in [0, 0.05) is 11.9 Å². The van der Waals surface area contributed by atoms with Gasteiger partial charge in [-0.3, -0.25) is 5.10 Å². The summed E-state index contributed by atoms with van der Waals surface area (Å²) in [7, 11) is 0. The summed E-state index contributed by atoms with van der Waals surface area (Å²) in [5.74, 6) is 1.31. The average Bonchev–Trinajstić information content (AvgIpc) is 3.13. The van der Waals surface area contributed by atoms with Crippen molar-refractivity contribution < 1.29 is 9.47 Å². The lowest BCUT2D eigenvalue weighted by molar-refractivity contribution is 0.174. The number of hydrogen-bond donors (Lipinski definition) is 2. The fourth-order valence-electron chi connectivity index (χ4n) is 2.44. The Morgan fingerprint density at radius 2 is 2.24 bits per heavy atom. The first-order valence-electron chi connectivity index (χ1n) is 6.55. The molecule has 106 valence electrons. The van der Waals surface area contributed by atoms with Gasteiger partial charge in [-0.15, -0.1) is 0 Å². The van der Waals surface area contributed by atoms with Crippen LogP contribution in [0.4, 0.5) is 5.69 Å². The second-order valence-electron chi connectivity index (χ2n) is 4.80. The fourth-order valence-corrected chi connectivity index (χ4v) is 2.72. The molecule has 1 aliphatic heterocycles. The van der Waals surface area contributed by atoms with Crippen molar-refractivity contribution >= 4 is 28.2 Å². The summed E-state index contributed by atoms with van der Waals surface area (Å²) in [6.07, 6.45) is 1.80. The lowest BCUT2D eigenvalue weighted by Crippen LogP contribution is -2.00. The largest absolute Gasteiger partial charge is 0.454 e. The molecule has 0 fully saturated rings. The van der Waals surface area contributed by atoms with Gasteiger partial charge >= 0.3 is 0 Å². The van der Waals surface area contributed by atoms with Crippen molar-refractivity contribution in [3.63, 3.8) is 0 Å². The smallest absolute Gasteiger partial charge is 0.231 e. The molecule has 0 amide bonds. The third kappa shape index (κ3) is 2.15. The molecule has 6 heteroatoms. The van der Waals surface area contributed by atoms with E-state index < -0.39 is 0 Å². The maximum atomic E-state index is 6.19. The van der Waals surface area contributed by atoms with Gasteiger partial charge in [-0.2, -0.15) is 5.10 Å². The van der Waals surface area contributed by atoms with Gasteiger partial charge in [-0.1, -0.05) is 23.7 Å². The van der Waals surface area contributed by atoms with Crippen LogP contribution in [-0.2, 0) is 6.54 Å². The highest BCUT2D eigenvalue weighted by atomic mass is 35.5. The maximum absolute atomic E-state index is 6.19. The van der Waals surface area contributed by atoms with E-state index >= 15 is 0 Å². The van der Waals surface area contributed by atoms with Crippen LogP contribution in [0.5, 0.6) is 11.5 Å². The summed E-state index contributed by atoms with van der Waals surface area (Å²) in [5, 5.41) is 12.1. The molecular weight excluding hydrogens is 290 g/mol. The molecule has 2 N–H and O–H groups in total. The molecule has 1 aliphatic rings. The standard InChI is InChI=1S/C15H12ClN3O2/c16-11-4-9(5-13-15(11)21-8-20-13)6-17-12-3-1-2-10-7-18-19-14(10)12/h1-5,7,17H,6,8H2,(H,18,19). The molecular formula is C15H12ClN3O2. The Morgan fingerprint density at radius 1 is 1.29 bits per heavy atom. The van der Waals surface area contributed by atoms with Gasteiger partial charge in [0.2, 0.25) is 6.79 Å². The third-order valence-corrected chi connectivity index (χ3v) is 3.73. The van der Waals surface area contributed by atoms with Crippen molar-refractivity contribution in [2.45, 2.75) is 6.54 Å². The topological polar surface area (TPSA) is 59.2 Å². The number of ether oxygens (including phenoxy) is 2. The molecule has 0 radical (unpaired) electrons. The number of rotatable bonds is 3. The minimum absolute atomic E-state index is 0.222. The predicted octanol–water partition coefficient (Wildman–Crippen LogP) is 3.56. The van der Waals surface area contributed by atoms with Crippen molar-refractivity contribution in [1.82, 2.24) is 10.2 Å². The summed E-state index contributed by atoms with van der Waals surface area (Å²) in [6.45, 7) is 0.855. The van der Waals surface area contributed by atoms with Crippen LogP contribution in [0.15, 0.2) is 36.5 Å². The molecule has 21 heavy (non-hydrogen) atoms. The first kappa shape index (κ1) is 12.3. The zero-order valence-corrected chi connectivity index (χ0v) is 11.8. The van der Waals surface area contributed by atoms with E-state index in [9.17, 15) is 0 Å². The van der Waals surface area contributed by atoms with Crippen LogP contribution < -0.4 is 14.8 Å². The fraction of sp³-hybridized carbons (Fsp3) is 0.133. The van der Waals surface area contributed by atoms with Crippen LogP contribution in [0.3, 0.4) is 0 Å². The van der Waals surface area contributed by atoms with E-state index in [1.807, 2.05) is 30.3 Å². The van der Waals surface area contributed by atoms with E-state index in [2.05, 4.69) is 15.5 Å². The Hall–Kier alpha value is -2.40. The summed E-state index contributed by atoms with van der Waals surface area (Å²) < 4.78 is 10.7. The summed E-state index contributed by atoms with van der Waals surface area (Å²) in [5.41, 5.74) is 3.02. The minimum Gasteiger partial charge on any atom is -0.454 e. The van der Waals surface area contributed by atoms with Crippen LogP contribution in [-0.4, -0.2) is 17.0 Å². The van der Waals surface area contributed by atoms with Gasteiger partial charge in [0.25, 0.3) is 0 Å². The number of anilines is 1. The molecule has 0 spiro atoms. The third-order valence-electron chi connectivity index (χ3n) is 3.45. The average molecular weight is 302 g/mol. The SMILES string of the molecule is Clc1cc(CNc2cccc3cn[nH]c23)cc2c1OCO2. The molecule has 5 nitrogen and oxygen atoms in total. The van der Waals surface area contributed by atoms with Gasteiger partial charge in [0.15, 0.2) is 11.5 Å². The Bertz CT molecular complexity index is 816. The van der Waals surface area contributed by atoms with Crippen molar-refractivity contribution in [2.75, 3.05) is 12.1 Å². The van der Waals surface area contributed by atoms with E-state index in [1.54, 1.807) is 6.20 Å². The second-order valence-corrected chi connectivity index (χ2v) is 5.21. The number of aromatic nitrogens is 2. The second kappa shape index (κ2) is 4.86. The number of halogens is 1. The first-order valence-corrected chi connectivity index (χ1v) is 6.93. The number of fused-ring (bicyclic) bond motifs is 2. The van der Waals surface area contributed by atoms with Crippen LogP contribution in [0.1, 0.15) is 5.56 Å². The van der Waals surface area contributed by atoms with E-state index in [-0.39, 0.29) is 6.79 Å². The number of aromatic amines is 1. The summed E-state index contributed by atoms with van der Waals surface area (Å²) in [4.78, 5) is 0. The highest BCUT2D eigenvalue weighted by Crippen LogP contribution is 2.39. The van der Waals surface area contributed by atoms with Crippen LogP contribution in [0, 0.1) is 0 Å².